The largest absolute Gasteiger partial charge is 0.383 e. The van der Waals surface area contributed by atoms with Gasteiger partial charge in [-0.1, -0.05) is 20.3 Å². The van der Waals surface area contributed by atoms with E-state index in [4.69, 9.17) is 9.72 Å². The third kappa shape index (κ3) is 3.17. The van der Waals surface area contributed by atoms with Gasteiger partial charge < -0.3 is 10.1 Å². The number of hydrogen-bond donors (Lipinski definition) is 1. The molecule has 1 aromatic heterocycles. The lowest BCUT2D eigenvalue weighted by atomic mass is 9.68. The van der Waals surface area contributed by atoms with Gasteiger partial charge in [0, 0.05) is 18.5 Å². The van der Waals surface area contributed by atoms with Crippen molar-refractivity contribution in [3.63, 3.8) is 0 Å². The van der Waals surface area contributed by atoms with Crippen LogP contribution in [0.15, 0.2) is 0 Å². The Kier molecular flexibility index (Phi) is 4.40. The van der Waals surface area contributed by atoms with Crippen LogP contribution in [0.4, 0.5) is 0 Å². The zero-order valence-electron chi connectivity index (χ0n) is 13.6. The van der Waals surface area contributed by atoms with Gasteiger partial charge in [-0.2, -0.15) is 0 Å². The van der Waals surface area contributed by atoms with Crippen LogP contribution in [0.2, 0.25) is 0 Å². The Hall–Kier alpha value is -0.450. The number of ether oxygens (including phenoxy) is 1. The van der Waals surface area contributed by atoms with Gasteiger partial charge in [-0.3, -0.25) is 0 Å². The van der Waals surface area contributed by atoms with E-state index in [2.05, 4.69) is 19.2 Å². The number of methoxy groups -OCH3 is 1. The van der Waals surface area contributed by atoms with Crippen molar-refractivity contribution in [3.05, 3.63) is 15.6 Å². The molecule has 0 amide bonds. The molecule has 1 N–H and O–H groups in total. The smallest absolute Gasteiger partial charge is 0.113 e. The first-order valence-electron chi connectivity index (χ1n) is 8.28. The van der Waals surface area contributed by atoms with Gasteiger partial charge in [-0.15, -0.1) is 11.3 Å². The molecule has 2 aliphatic rings. The number of rotatable bonds is 5. The van der Waals surface area contributed by atoms with E-state index in [1.807, 2.05) is 11.3 Å². The summed E-state index contributed by atoms with van der Waals surface area (Å²) < 4.78 is 5.25. The maximum Gasteiger partial charge on any atom is 0.113 e. The van der Waals surface area contributed by atoms with Gasteiger partial charge in [0.2, 0.25) is 0 Å². The Morgan fingerprint density at radius 1 is 1.24 bits per heavy atom. The molecule has 4 heteroatoms. The maximum atomic E-state index is 5.25. The summed E-state index contributed by atoms with van der Waals surface area (Å²) >= 11 is 1.97. The van der Waals surface area contributed by atoms with Crippen LogP contribution in [0.5, 0.6) is 0 Å². The number of aryl methyl sites for hydroxylation is 2. The lowest BCUT2D eigenvalue weighted by molar-refractivity contribution is 0.105. The van der Waals surface area contributed by atoms with Crippen molar-refractivity contribution in [2.75, 3.05) is 20.3 Å². The molecule has 3 nitrogen and oxygen atoms in total. The van der Waals surface area contributed by atoms with Gasteiger partial charge >= 0.3 is 0 Å². The van der Waals surface area contributed by atoms with E-state index in [9.17, 15) is 0 Å². The van der Waals surface area contributed by atoms with Crippen LogP contribution >= 0.6 is 11.3 Å². The van der Waals surface area contributed by atoms with Crippen LogP contribution in [0.25, 0.3) is 0 Å². The van der Waals surface area contributed by atoms with Gasteiger partial charge in [0.05, 0.1) is 17.8 Å². The van der Waals surface area contributed by atoms with Crippen LogP contribution in [0.3, 0.4) is 0 Å². The van der Waals surface area contributed by atoms with E-state index < -0.39 is 0 Å². The quantitative estimate of drug-likeness (QED) is 0.843. The normalized spacial score (nSPS) is 27.8. The third-order valence-electron chi connectivity index (χ3n) is 5.01. The maximum absolute atomic E-state index is 5.25. The summed E-state index contributed by atoms with van der Waals surface area (Å²) in [5.74, 6) is 0. The van der Waals surface area contributed by atoms with Gasteiger partial charge in [-0.25, -0.2) is 4.98 Å². The van der Waals surface area contributed by atoms with Crippen molar-refractivity contribution in [2.24, 2.45) is 5.41 Å². The Bertz CT molecular complexity index is 475. The highest BCUT2D eigenvalue weighted by Crippen LogP contribution is 2.48. The predicted octanol–water partition coefficient (Wildman–Crippen LogP) is 3.66. The molecule has 0 radical (unpaired) electrons. The standard InChI is InChI=1S/C17H28N2OS/c1-16(2)8-5-9-17(12-16,18-10-11-20-3)15-19-13-6-4-7-14(13)21-15/h18H,4-12H2,1-3H3. The fourth-order valence-corrected chi connectivity index (χ4v) is 5.40. The number of fused-ring (bicyclic) bond motifs is 1. The summed E-state index contributed by atoms with van der Waals surface area (Å²) in [5.41, 5.74) is 1.86. The highest BCUT2D eigenvalue weighted by Gasteiger charge is 2.43. The molecule has 1 heterocycles. The molecule has 1 atom stereocenters. The summed E-state index contributed by atoms with van der Waals surface area (Å²) in [6.45, 7) is 6.49. The van der Waals surface area contributed by atoms with Crippen LogP contribution in [-0.4, -0.2) is 25.2 Å². The number of hydrogen-bond acceptors (Lipinski definition) is 4. The van der Waals surface area contributed by atoms with Crippen molar-refractivity contribution < 1.29 is 4.74 Å². The van der Waals surface area contributed by atoms with Gasteiger partial charge in [-0.05, 0) is 43.9 Å². The number of nitrogens with one attached hydrogen (secondary N) is 1. The Labute approximate surface area is 132 Å². The second-order valence-electron chi connectivity index (χ2n) is 7.44. The van der Waals surface area contributed by atoms with Crippen molar-refractivity contribution in [3.8, 4) is 0 Å². The van der Waals surface area contributed by atoms with Crippen LogP contribution < -0.4 is 5.32 Å². The Balaban J connectivity index is 1.87. The molecule has 118 valence electrons. The molecule has 2 aliphatic carbocycles. The minimum Gasteiger partial charge on any atom is -0.383 e. The van der Waals surface area contributed by atoms with E-state index in [1.54, 1.807) is 12.0 Å². The number of nitrogens with zero attached hydrogens (tertiary/aromatic N) is 1. The molecular formula is C17H28N2OS. The first-order valence-corrected chi connectivity index (χ1v) is 9.09. The van der Waals surface area contributed by atoms with E-state index in [-0.39, 0.29) is 5.54 Å². The molecule has 0 aliphatic heterocycles. The first-order chi connectivity index (χ1) is 10.0. The third-order valence-corrected chi connectivity index (χ3v) is 6.37. The molecule has 0 saturated heterocycles. The highest BCUT2D eigenvalue weighted by molar-refractivity contribution is 7.12. The molecule has 0 aromatic carbocycles. The average Bonchev–Trinajstić information content (AvgIpc) is 2.98. The van der Waals surface area contributed by atoms with E-state index >= 15 is 0 Å². The number of thiazole rings is 1. The second kappa shape index (κ2) is 5.98. The van der Waals surface area contributed by atoms with Crippen molar-refractivity contribution >= 4 is 11.3 Å². The molecule has 3 rings (SSSR count). The molecule has 1 fully saturated rings. The van der Waals surface area contributed by atoms with Crippen LogP contribution in [0.1, 0.15) is 61.5 Å². The monoisotopic (exact) mass is 308 g/mol. The van der Waals surface area contributed by atoms with Crippen molar-refractivity contribution in [1.29, 1.82) is 0 Å². The topological polar surface area (TPSA) is 34.1 Å². The van der Waals surface area contributed by atoms with Gasteiger partial charge in [0.25, 0.3) is 0 Å². The van der Waals surface area contributed by atoms with Crippen molar-refractivity contribution in [1.82, 2.24) is 10.3 Å². The van der Waals surface area contributed by atoms with Crippen molar-refractivity contribution in [2.45, 2.75) is 64.3 Å². The fourth-order valence-electron chi connectivity index (χ4n) is 4.06. The summed E-state index contributed by atoms with van der Waals surface area (Å²) in [6.07, 6.45) is 8.74. The Morgan fingerprint density at radius 3 is 2.81 bits per heavy atom. The Morgan fingerprint density at radius 2 is 2.10 bits per heavy atom. The lowest BCUT2D eigenvalue weighted by Gasteiger charge is -2.44. The zero-order chi connectivity index (χ0) is 14.9. The summed E-state index contributed by atoms with van der Waals surface area (Å²) in [4.78, 5) is 6.59. The molecule has 0 spiro atoms. The van der Waals surface area contributed by atoms with Crippen LogP contribution in [0, 0.1) is 5.41 Å². The van der Waals surface area contributed by atoms with Gasteiger partial charge in [0.1, 0.15) is 5.01 Å². The van der Waals surface area contributed by atoms with E-state index in [0.717, 1.165) is 13.2 Å². The van der Waals surface area contributed by atoms with E-state index in [1.165, 1.54) is 55.6 Å². The van der Waals surface area contributed by atoms with Crippen LogP contribution in [-0.2, 0) is 23.1 Å². The molecule has 0 bridgehead atoms. The lowest BCUT2D eigenvalue weighted by Crippen LogP contribution is -2.49. The minimum atomic E-state index is 0.0787. The zero-order valence-corrected chi connectivity index (χ0v) is 14.4. The second-order valence-corrected chi connectivity index (χ2v) is 8.52. The average molecular weight is 308 g/mol. The number of aromatic nitrogens is 1. The summed E-state index contributed by atoms with van der Waals surface area (Å²) in [6, 6.07) is 0. The minimum absolute atomic E-state index is 0.0787. The van der Waals surface area contributed by atoms with Gasteiger partial charge in [0.15, 0.2) is 0 Å². The highest BCUT2D eigenvalue weighted by atomic mass is 32.1. The molecule has 1 aromatic rings. The molecule has 1 saturated carbocycles. The molecular weight excluding hydrogens is 280 g/mol. The first kappa shape index (κ1) is 15.4. The SMILES string of the molecule is COCCNC1(c2nc3c(s2)CCC3)CCCC(C)(C)C1. The summed E-state index contributed by atoms with van der Waals surface area (Å²) in [7, 11) is 1.77. The summed E-state index contributed by atoms with van der Waals surface area (Å²) in [5, 5.41) is 5.16. The fraction of sp³-hybridized carbons (Fsp3) is 0.824. The molecule has 21 heavy (non-hydrogen) atoms. The van der Waals surface area contributed by atoms with E-state index in [0.29, 0.717) is 5.41 Å². The molecule has 1 unspecified atom stereocenters. The predicted molar refractivity (Wildman–Crippen MR) is 87.9 cm³/mol.